The lowest BCUT2D eigenvalue weighted by molar-refractivity contribution is -0.132. The number of benzene rings is 2. The fourth-order valence-electron chi connectivity index (χ4n) is 5.13. The summed E-state index contributed by atoms with van der Waals surface area (Å²) >= 11 is 6.71. The first-order valence-corrected chi connectivity index (χ1v) is 12.6. The Balaban J connectivity index is 1.45. The van der Waals surface area contributed by atoms with E-state index >= 15 is 0 Å². The molecule has 4 amide bonds. The molecule has 3 atom stereocenters. The molecule has 1 aliphatic heterocycles. The van der Waals surface area contributed by atoms with E-state index in [1.54, 1.807) is 42.5 Å². The number of nitrogens with zero attached hydrogens (tertiary/aromatic N) is 1. The molecule has 3 aliphatic rings. The number of nitrogens with one attached hydrogen (secondary N) is 1. The van der Waals surface area contributed by atoms with Crippen LogP contribution in [0, 0.1) is 11.8 Å². The van der Waals surface area contributed by atoms with E-state index in [1.165, 1.54) is 11.0 Å². The van der Waals surface area contributed by atoms with Crippen LogP contribution in [0.4, 0.5) is 4.79 Å². The summed E-state index contributed by atoms with van der Waals surface area (Å²) in [5.41, 5.74) is 0.547. The van der Waals surface area contributed by atoms with Crippen LogP contribution in [0.3, 0.4) is 0 Å². The third-order valence-electron chi connectivity index (χ3n) is 6.72. The zero-order valence-electron chi connectivity index (χ0n) is 17.9. The average Bonchev–Trinajstić information content (AvgIpc) is 3.42. The Labute approximate surface area is 212 Å². The van der Waals surface area contributed by atoms with Gasteiger partial charge in [-0.3, -0.25) is 19.8 Å². The summed E-state index contributed by atoms with van der Waals surface area (Å²) in [7, 11) is 0. The highest BCUT2D eigenvalue weighted by molar-refractivity contribution is 9.10. The lowest BCUT2D eigenvalue weighted by atomic mass is 9.93. The Bertz CT molecular complexity index is 1240. The fourth-order valence-corrected chi connectivity index (χ4v) is 5.77. The van der Waals surface area contributed by atoms with Crippen molar-refractivity contribution in [1.29, 1.82) is 0 Å². The molecule has 7 nitrogen and oxygen atoms in total. The third-order valence-corrected chi connectivity index (χ3v) is 7.74. The van der Waals surface area contributed by atoms with Gasteiger partial charge >= 0.3 is 12.0 Å². The Morgan fingerprint density at radius 3 is 2.41 bits per heavy atom. The second-order valence-corrected chi connectivity index (χ2v) is 10.6. The molecule has 3 fully saturated rings. The van der Waals surface area contributed by atoms with Gasteiger partial charge in [0.25, 0.3) is 11.8 Å². The molecule has 0 aromatic heterocycles. The molecule has 5 rings (SSSR count). The van der Waals surface area contributed by atoms with Gasteiger partial charge in [0.15, 0.2) is 0 Å². The van der Waals surface area contributed by atoms with E-state index in [0.29, 0.717) is 21.5 Å². The van der Waals surface area contributed by atoms with Gasteiger partial charge in [-0.15, -0.1) is 0 Å². The Hall–Kier alpha value is -2.78. The minimum Gasteiger partial charge on any atom is -0.422 e. The number of fused-ring (bicyclic) bond motifs is 2. The first-order valence-electron chi connectivity index (χ1n) is 11.0. The Morgan fingerprint density at radius 2 is 1.74 bits per heavy atom. The smallest absolute Gasteiger partial charge is 0.343 e. The molecular formula is C25H20Br2N2O5. The maximum absolute atomic E-state index is 13.3. The number of hydrogen-bond acceptors (Lipinski definition) is 5. The van der Waals surface area contributed by atoms with Gasteiger partial charge in [-0.05, 0) is 79.6 Å². The molecule has 2 aromatic carbocycles. The summed E-state index contributed by atoms with van der Waals surface area (Å²) in [5.74, 6) is -0.964. The van der Waals surface area contributed by atoms with E-state index in [2.05, 4.69) is 37.2 Å². The molecule has 9 heteroatoms. The normalized spacial score (nSPS) is 25.1. The summed E-state index contributed by atoms with van der Waals surface area (Å²) < 4.78 is 7.09. The van der Waals surface area contributed by atoms with Gasteiger partial charge in [-0.1, -0.05) is 38.3 Å². The van der Waals surface area contributed by atoms with Crippen LogP contribution < -0.4 is 10.1 Å². The molecule has 1 heterocycles. The van der Waals surface area contributed by atoms with Crippen LogP contribution >= 0.6 is 31.9 Å². The minimum absolute atomic E-state index is 0.165. The third kappa shape index (κ3) is 4.34. The number of urea groups is 1. The van der Waals surface area contributed by atoms with Crippen LogP contribution in [0.15, 0.2) is 57.0 Å². The zero-order valence-corrected chi connectivity index (χ0v) is 21.1. The Morgan fingerprint density at radius 1 is 1.00 bits per heavy atom. The molecule has 0 radical (unpaired) electrons. The molecule has 1 N–H and O–H groups in total. The molecule has 174 valence electrons. The number of carbonyl (C=O) groups is 4. The largest absolute Gasteiger partial charge is 0.422 e. The van der Waals surface area contributed by atoms with Crippen molar-refractivity contribution in [3.63, 3.8) is 0 Å². The van der Waals surface area contributed by atoms with Crippen LogP contribution in [-0.4, -0.2) is 34.8 Å². The van der Waals surface area contributed by atoms with Crippen LogP contribution in [-0.2, 0) is 9.59 Å². The van der Waals surface area contributed by atoms with Crippen molar-refractivity contribution in [2.24, 2.45) is 11.8 Å². The van der Waals surface area contributed by atoms with Crippen molar-refractivity contribution in [3.8, 4) is 5.75 Å². The zero-order chi connectivity index (χ0) is 24.0. The number of hydrogen-bond donors (Lipinski definition) is 1. The van der Waals surface area contributed by atoms with Gasteiger partial charge in [0, 0.05) is 20.6 Å². The van der Waals surface area contributed by atoms with Crippen molar-refractivity contribution < 1.29 is 23.9 Å². The average molecular weight is 588 g/mol. The molecule has 34 heavy (non-hydrogen) atoms. The van der Waals surface area contributed by atoms with Gasteiger partial charge in [0.2, 0.25) is 0 Å². The van der Waals surface area contributed by atoms with Crippen LogP contribution in [0.25, 0.3) is 6.08 Å². The summed E-state index contributed by atoms with van der Waals surface area (Å²) in [6.45, 7) is 0. The molecule has 2 aliphatic carbocycles. The number of carbonyl (C=O) groups excluding carboxylic acids is 4. The van der Waals surface area contributed by atoms with Crippen molar-refractivity contribution >= 4 is 61.8 Å². The maximum Gasteiger partial charge on any atom is 0.343 e. The molecule has 2 aromatic rings. The van der Waals surface area contributed by atoms with E-state index in [1.807, 2.05) is 0 Å². The SMILES string of the molecule is O=C1NC(=O)N([C@@H]2C[C@H]3CC[C@H]2C3)C(=O)/C1=C\c1cc(Br)ccc1OC(=O)c1ccc(Br)cc1. The number of halogens is 2. The van der Waals surface area contributed by atoms with Gasteiger partial charge in [-0.25, -0.2) is 9.59 Å². The van der Waals surface area contributed by atoms with Gasteiger partial charge in [0.1, 0.15) is 11.3 Å². The predicted molar refractivity (Wildman–Crippen MR) is 131 cm³/mol. The predicted octanol–water partition coefficient (Wildman–Crippen LogP) is 5.08. The van der Waals surface area contributed by atoms with Crippen LogP contribution in [0.1, 0.15) is 41.6 Å². The molecule has 2 saturated carbocycles. The number of ether oxygens (including phenoxy) is 1. The minimum atomic E-state index is -0.764. The molecule has 0 spiro atoms. The Kier molecular flexibility index (Phi) is 6.16. The number of barbiturate groups is 1. The monoisotopic (exact) mass is 586 g/mol. The van der Waals surface area contributed by atoms with E-state index < -0.39 is 23.8 Å². The summed E-state index contributed by atoms with van der Waals surface area (Å²) in [4.78, 5) is 52.4. The highest BCUT2D eigenvalue weighted by Crippen LogP contribution is 2.47. The molecule has 0 unspecified atom stereocenters. The van der Waals surface area contributed by atoms with Crippen molar-refractivity contribution in [2.75, 3.05) is 0 Å². The quantitative estimate of drug-likeness (QED) is 0.233. The number of amides is 4. The van der Waals surface area contributed by atoms with E-state index in [9.17, 15) is 19.2 Å². The number of rotatable bonds is 4. The molecule has 1 saturated heterocycles. The van der Waals surface area contributed by atoms with Gasteiger partial charge in [0.05, 0.1) is 5.56 Å². The van der Waals surface area contributed by atoms with Crippen LogP contribution in [0.5, 0.6) is 5.75 Å². The second kappa shape index (κ2) is 9.11. The standard InChI is InChI=1S/C25H20Br2N2O5/c26-17-5-3-14(4-6-17)24(32)34-21-8-7-18(27)11-16(21)12-19-22(30)28-25(33)29(23(19)31)20-10-13-1-2-15(20)9-13/h3-8,11-13,15,20H,1-2,9-10H2,(H,28,30,33)/b19-12-/t13-,15-,20+/m0/s1. The van der Waals surface area contributed by atoms with E-state index in [-0.39, 0.29) is 23.3 Å². The number of esters is 1. The summed E-state index contributed by atoms with van der Waals surface area (Å²) in [5, 5.41) is 2.31. The fraction of sp³-hybridized carbons (Fsp3) is 0.280. The van der Waals surface area contributed by atoms with Crippen molar-refractivity contribution in [3.05, 3.63) is 68.1 Å². The molecular weight excluding hydrogens is 568 g/mol. The summed E-state index contributed by atoms with van der Waals surface area (Å²) in [6.07, 6.45) is 5.27. The number of imide groups is 2. The first-order chi connectivity index (χ1) is 16.3. The van der Waals surface area contributed by atoms with Gasteiger partial charge < -0.3 is 4.74 Å². The summed E-state index contributed by atoms with van der Waals surface area (Å²) in [6, 6.07) is 10.8. The van der Waals surface area contributed by atoms with Gasteiger partial charge in [-0.2, -0.15) is 0 Å². The van der Waals surface area contributed by atoms with E-state index in [0.717, 1.165) is 30.2 Å². The highest BCUT2D eigenvalue weighted by atomic mass is 79.9. The van der Waals surface area contributed by atoms with Crippen molar-refractivity contribution in [1.82, 2.24) is 10.2 Å². The van der Waals surface area contributed by atoms with Crippen molar-refractivity contribution in [2.45, 2.75) is 31.7 Å². The topological polar surface area (TPSA) is 92.8 Å². The molecule has 2 bridgehead atoms. The van der Waals surface area contributed by atoms with Crippen LogP contribution in [0.2, 0.25) is 0 Å². The lowest BCUT2D eigenvalue weighted by Gasteiger charge is -2.35. The second-order valence-electron chi connectivity index (χ2n) is 8.81. The first kappa shape index (κ1) is 23.0. The van der Waals surface area contributed by atoms with E-state index in [4.69, 9.17) is 4.74 Å². The lowest BCUT2D eigenvalue weighted by Crippen LogP contribution is -2.58. The highest BCUT2D eigenvalue weighted by Gasteiger charge is 2.49. The maximum atomic E-state index is 13.3.